The van der Waals surface area contributed by atoms with Gasteiger partial charge < -0.3 is 28.7 Å². The highest BCUT2D eigenvalue weighted by atomic mass is 16.7. The lowest BCUT2D eigenvalue weighted by Crippen LogP contribution is -2.46. The molecule has 10 heteroatoms. The molecule has 1 fully saturated rings. The Morgan fingerprint density at radius 2 is 1.90 bits per heavy atom. The molecule has 2 aliphatic rings. The van der Waals surface area contributed by atoms with Crippen LogP contribution in [0.2, 0.25) is 0 Å². The smallest absolute Gasteiger partial charge is 0.410 e. The summed E-state index contributed by atoms with van der Waals surface area (Å²) in [4.78, 5) is 39.8. The normalized spacial score (nSPS) is 17.6. The molecule has 0 spiro atoms. The van der Waals surface area contributed by atoms with Crippen molar-refractivity contribution in [2.45, 2.75) is 71.4 Å². The van der Waals surface area contributed by atoms with Crippen LogP contribution in [-0.4, -0.2) is 69.4 Å². The quantitative estimate of drug-likeness (QED) is 0.415. The van der Waals surface area contributed by atoms with Crippen LogP contribution in [0.3, 0.4) is 0 Å². The van der Waals surface area contributed by atoms with Crippen LogP contribution in [0.25, 0.3) is 11.0 Å². The van der Waals surface area contributed by atoms with Crippen molar-refractivity contribution in [3.05, 3.63) is 53.9 Å². The SMILES string of the molecule is COc1cc(C(=O)N(Cc2cnc3ccccc3n2)C[C@H]2CCCN2C(=O)OC(C)(C)C)cc2c1OC(C)(C)O2. The van der Waals surface area contributed by atoms with Crippen molar-refractivity contribution in [2.75, 3.05) is 20.2 Å². The van der Waals surface area contributed by atoms with Gasteiger partial charge >= 0.3 is 6.09 Å². The average Bonchev–Trinajstić information content (AvgIpc) is 3.48. The van der Waals surface area contributed by atoms with Gasteiger partial charge in [-0.3, -0.25) is 9.78 Å². The number of methoxy groups -OCH3 is 1. The molecule has 0 bridgehead atoms. The first-order valence-electron chi connectivity index (χ1n) is 13.5. The van der Waals surface area contributed by atoms with Crippen molar-refractivity contribution in [3.63, 3.8) is 0 Å². The third-order valence-corrected chi connectivity index (χ3v) is 6.77. The van der Waals surface area contributed by atoms with Gasteiger partial charge in [-0.1, -0.05) is 12.1 Å². The van der Waals surface area contributed by atoms with E-state index in [1.54, 1.807) is 42.0 Å². The van der Waals surface area contributed by atoms with Gasteiger partial charge in [0, 0.05) is 32.5 Å². The molecule has 3 heterocycles. The van der Waals surface area contributed by atoms with Gasteiger partial charge in [0.1, 0.15) is 5.60 Å². The maximum Gasteiger partial charge on any atom is 0.410 e. The van der Waals surface area contributed by atoms with Crippen molar-refractivity contribution in [3.8, 4) is 17.2 Å². The zero-order valence-corrected chi connectivity index (χ0v) is 23.9. The largest absolute Gasteiger partial charge is 0.493 e. The maximum absolute atomic E-state index is 14.1. The molecule has 40 heavy (non-hydrogen) atoms. The third-order valence-electron chi connectivity index (χ3n) is 6.77. The van der Waals surface area contributed by atoms with Gasteiger partial charge in [0.15, 0.2) is 11.5 Å². The Morgan fingerprint density at radius 1 is 1.15 bits per heavy atom. The van der Waals surface area contributed by atoms with Gasteiger partial charge in [0.2, 0.25) is 11.5 Å². The molecule has 0 N–H and O–H groups in total. The number of rotatable bonds is 6. The number of ether oxygens (including phenoxy) is 4. The summed E-state index contributed by atoms with van der Waals surface area (Å²) < 4.78 is 23.0. The molecule has 0 saturated carbocycles. The highest BCUT2D eigenvalue weighted by Crippen LogP contribution is 2.47. The molecule has 1 atom stereocenters. The van der Waals surface area contributed by atoms with Gasteiger partial charge in [-0.25, -0.2) is 9.78 Å². The molecule has 5 rings (SSSR count). The van der Waals surface area contributed by atoms with Crippen molar-refractivity contribution in [2.24, 2.45) is 0 Å². The number of carbonyl (C=O) groups excluding carboxylic acids is 2. The lowest BCUT2D eigenvalue weighted by Gasteiger charge is -2.32. The number of hydrogen-bond acceptors (Lipinski definition) is 8. The van der Waals surface area contributed by atoms with E-state index >= 15 is 0 Å². The fraction of sp³-hybridized carbons (Fsp3) is 0.467. The number of benzene rings is 2. The molecule has 1 saturated heterocycles. The number of aromatic nitrogens is 2. The minimum atomic E-state index is -0.880. The van der Waals surface area contributed by atoms with Crippen LogP contribution in [-0.2, 0) is 11.3 Å². The highest BCUT2D eigenvalue weighted by molar-refractivity contribution is 5.96. The van der Waals surface area contributed by atoms with Crippen LogP contribution in [0, 0.1) is 0 Å². The second kappa shape index (κ2) is 10.5. The Bertz CT molecular complexity index is 1430. The van der Waals surface area contributed by atoms with Crippen molar-refractivity contribution >= 4 is 23.0 Å². The van der Waals surface area contributed by atoms with Crippen LogP contribution in [0.4, 0.5) is 4.79 Å². The number of carbonyl (C=O) groups is 2. The molecule has 10 nitrogen and oxygen atoms in total. The third kappa shape index (κ3) is 5.90. The Kier molecular flexibility index (Phi) is 7.20. The average molecular weight is 549 g/mol. The fourth-order valence-corrected chi connectivity index (χ4v) is 5.07. The molecule has 2 aliphatic heterocycles. The maximum atomic E-state index is 14.1. The summed E-state index contributed by atoms with van der Waals surface area (Å²) in [5.41, 5.74) is 1.93. The van der Waals surface area contributed by atoms with Gasteiger partial charge in [-0.05, 0) is 57.9 Å². The van der Waals surface area contributed by atoms with Crippen LogP contribution in [0.15, 0.2) is 42.6 Å². The molecule has 2 aromatic carbocycles. The van der Waals surface area contributed by atoms with Crippen LogP contribution in [0.5, 0.6) is 17.2 Å². The Balaban J connectivity index is 1.47. The Hall–Kier alpha value is -4.08. The highest BCUT2D eigenvalue weighted by Gasteiger charge is 2.37. The zero-order valence-electron chi connectivity index (χ0n) is 23.9. The van der Waals surface area contributed by atoms with E-state index in [9.17, 15) is 9.59 Å². The summed E-state index contributed by atoms with van der Waals surface area (Å²) in [7, 11) is 1.53. The van der Waals surface area contributed by atoms with Crippen molar-refractivity contribution < 1.29 is 28.5 Å². The fourth-order valence-electron chi connectivity index (χ4n) is 5.07. The Labute approximate surface area is 234 Å². The predicted molar refractivity (Wildman–Crippen MR) is 149 cm³/mol. The van der Waals surface area contributed by atoms with E-state index < -0.39 is 11.4 Å². The molecule has 212 valence electrons. The second-order valence-electron chi connectivity index (χ2n) is 11.6. The standard InChI is InChI=1S/C30H36N4O6/c1-29(2,3)40-28(36)34-13-9-10-21(34)18-33(17-20-16-31-22-11-7-8-12-23(22)32-20)27(35)19-14-24(37-6)26-25(15-19)38-30(4,5)39-26/h7-8,11-12,14-16,21H,9-10,13,17-18H2,1-6H3/t21-/m1/s1. The Morgan fingerprint density at radius 3 is 2.62 bits per heavy atom. The number of hydrogen-bond donors (Lipinski definition) is 0. The number of nitrogens with zero attached hydrogens (tertiary/aromatic N) is 4. The molecule has 1 aromatic heterocycles. The van der Waals surface area contributed by atoms with Crippen LogP contribution in [0.1, 0.15) is 63.5 Å². The minimum absolute atomic E-state index is 0.206. The molecule has 0 aliphatic carbocycles. The minimum Gasteiger partial charge on any atom is -0.493 e. The van der Waals surface area contributed by atoms with E-state index in [0.717, 1.165) is 23.9 Å². The molecule has 3 aromatic rings. The molecule has 2 amide bonds. The van der Waals surface area contributed by atoms with E-state index in [-0.39, 0.29) is 24.6 Å². The van der Waals surface area contributed by atoms with Gasteiger partial charge in [-0.2, -0.15) is 0 Å². The first kappa shape index (κ1) is 27.5. The van der Waals surface area contributed by atoms with Crippen LogP contribution < -0.4 is 14.2 Å². The first-order chi connectivity index (χ1) is 18.9. The topological polar surface area (TPSA) is 103 Å². The number of para-hydroxylation sites is 2. The molecule has 0 unspecified atom stereocenters. The summed E-state index contributed by atoms with van der Waals surface area (Å²) in [6.45, 7) is 10.2. The number of fused-ring (bicyclic) bond motifs is 2. The van der Waals surface area contributed by atoms with Crippen LogP contribution >= 0.6 is 0 Å². The summed E-state index contributed by atoms with van der Waals surface area (Å²) >= 11 is 0. The van der Waals surface area contributed by atoms with Crippen molar-refractivity contribution in [1.82, 2.24) is 19.8 Å². The monoisotopic (exact) mass is 548 g/mol. The molecular weight excluding hydrogens is 512 g/mol. The van der Waals surface area contributed by atoms with Gasteiger partial charge in [0.25, 0.3) is 5.91 Å². The summed E-state index contributed by atoms with van der Waals surface area (Å²) in [6, 6.07) is 10.7. The zero-order chi connectivity index (χ0) is 28.7. The van der Waals surface area contributed by atoms with E-state index in [4.69, 9.17) is 23.9 Å². The summed E-state index contributed by atoms with van der Waals surface area (Å²) in [5, 5.41) is 0. The predicted octanol–water partition coefficient (Wildman–Crippen LogP) is 5.19. The van der Waals surface area contributed by atoms with E-state index in [2.05, 4.69) is 4.98 Å². The first-order valence-corrected chi connectivity index (χ1v) is 13.5. The number of amides is 2. The van der Waals surface area contributed by atoms with Gasteiger partial charge in [-0.15, -0.1) is 0 Å². The van der Waals surface area contributed by atoms with E-state index in [1.165, 1.54) is 7.11 Å². The lowest BCUT2D eigenvalue weighted by molar-refractivity contribution is -0.0439. The van der Waals surface area contributed by atoms with E-state index in [0.29, 0.717) is 41.6 Å². The molecule has 0 radical (unpaired) electrons. The number of likely N-dealkylation sites (tertiary alicyclic amines) is 1. The molecular formula is C30H36N4O6. The second-order valence-corrected chi connectivity index (χ2v) is 11.6. The lowest BCUT2D eigenvalue weighted by atomic mass is 10.1. The summed E-state index contributed by atoms with van der Waals surface area (Å²) in [6.07, 6.45) is 2.89. The summed E-state index contributed by atoms with van der Waals surface area (Å²) in [5.74, 6) is 0.181. The van der Waals surface area contributed by atoms with Gasteiger partial charge in [0.05, 0.1) is 42.6 Å². The van der Waals surface area contributed by atoms with Crippen molar-refractivity contribution in [1.29, 1.82) is 0 Å². The van der Waals surface area contributed by atoms with E-state index in [1.807, 2.05) is 45.0 Å².